The van der Waals surface area contributed by atoms with Crippen molar-refractivity contribution < 1.29 is 9.47 Å². The quantitative estimate of drug-likeness (QED) is 0.801. The minimum Gasteiger partial charge on any atom is -0.493 e. The molecule has 6 heteroatoms. The van der Waals surface area contributed by atoms with Gasteiger partial charge in [-0.1, -0.05) is 12.1 Å². The lowest BCUT2D eigenvalue weighted by Crippen LogP contribution is -2.44. The number of nitrogens with one attached hydrogen (secondary N) is 1. The molecule has 1 fully saturated rings. The average molecular weight is 349 g/mol. The van der Waals surface area contributed by atoms with Crippen molar-refractivity contribution in [1.29, 1.82) is 0 Å². The van der Waals surface area contributed by atoms with E-state index in [9.17, 15) is 0 Å². The largest absolute Gasteiger partial charge is 0.493 e. The minimum absolute atomic E-state index is 0. The van der Waals surface area contributed by atoms with Gasteiger partial charge >= 0.3 is 0 Å². The molecule has 0 spiro atoms. The summed E-state index contributed by atoms with van der Waals surface area (Å²) in [5.41, 5.74) is 1.20. The molecule has 0 aromatic heterocycles. The summed E-state index contributed by atoms with van der Waals surface area (Å²) < 4.78 is 11.0. The lowest BCUT2D eigenvalue weighted by Gasteiger charge is -2.33. The molecule has 1 heterocycles. The van der Waals surface area contributed by atoms with Crippen LogP contribution in [0.4, 0.5) is 0 Å². The third-order valence-electron chi connectivity index (χ3n) is 3.60. The van der Waals surface area contributed by atoms with E-state index >= 15 is 0 Å². The zero-order valence-corrected chi connectivity index (χ0v) is 14.8. The Morgan fingerprint density at radius 3 is 2.50 bits per heavy atom. The summed E-state index contributed by atoms with van der Waals surface area (Å²) in [6.45, 7) is 10.7. The summed E-state index contributed by atoms with van der Waals surface area (Å²) in [5, 5.41) is 3.37. The van der Waals surface area contributed by atoms with E-state index in [0.29, 0.717) is 6.61 Å². The van der Waals surface area contributed by atoms with Crippen molar-refractivity contribution in [3.63, 3.8) is 0 Å². The van der Waals surface area contributed by atoms with E-state index < -0.39 is 0 Å². The number of rotatable bonds is 6. The highest BCUT2D eigenvalue weighted by Gasteiger charge is 2.20. The van der Waals surface area contributed by atoms with Gasteiger partial charge in [0.1, 0.15) is 0 Å². The van der Waals surface area contributed by atoms with Crippen LogP contribution in [-0.4, -0.2) is 44.8 Å². The van der Waals surface area contributed by atoms with Crippen LogP contribution < -0.4 is 14.8 Å². The molecule has 1 aliphatic heterocycles. The van der Waals surface area contributed by atoms with Crippen LogP contribution in [0.15, 0.2) is 30.9 Å². The second-order valence-corrected chi connectivity index (χ2v) is 4.81. The number of nitrogens with zero attached hydrogens (tertiary/aromatic N) is 1. The van der Waals surface area contributed by atoms with Gasteiger partial charge in [-0.2, -0.15) is 0 Å². The Bertz CT molecular complexity index is 452. The first-order valence-corrected chi connectivity index (χ1v) is 7.18. The number of benzene rings is 1. The van der Waals surface area contributed by atoms with Gasteiger partial charge in [0.15, 0.2) is 11.5 Å². The van der Waals surface area contributed by atoms with Crippen LogP contribution in [0, 0.1) is 0 Å². The molecule has 2 rings (SSSR count). The van der Waals surface area contributed by atoms with Crippen LogP contribution in [0.2, 0.25) is 0 Å². The molecule has 1 saturated heterocycles. The standard InChI is InChI=1S/C16H24N2O2.2ClH/c1-4-14(18-10-8-17-9-11-18)13-6-7-15(20-5-2)16(12-13)19-3;;/h4,6-7,12,14,17H,1,5,8-11H2,2-3H3;2*1H/t14-;;/m1../s1. The van der Waals surface area contributed by atoms with E-state index in [-0.39, 0.29) is 30.9 Å². The first-order valence-electron chi connectivity index (χ1n) is 7.18. The van der Waals surface area contributed by atoms with Gasteiger partial charge in [0, 0.05) is 26.2 Å². The van der Waals surface area contributed by atoms with Gasteiger partial charge in [-0.25, -0.2) is 0 Å². The summed E-state index contributed by atoms with van der Waals surface area (Å²) in [6, 6.07) is 6.36. The van der Waals surface area contributed by atoms with Gasteiger partial charge < -0.3 is 14.8 Å². The van der Waals surface area contributed by atoms with Crippen LogP contribution in [0.25, 0.3) is 0 Å². The molecule has 1 atom stereocenters. The maximum absolute atomic E-state index is 5.57. The Morgan fingerprint density at radius 1 is 1.27 bits per heavy atom. The third-order valence-corrected chi connectivity index (χ3v) is 3.60. The molecule has 0 radical (unpaired) electrons. The van der Waals surface area contributed by atoms with Gasteiger partial charge in [0.2, 0.25) is 0 Å². The molecule has 1 aliphatic rings. The molecule has 0 amide bonds. The van der Waals surface area contributed by atoms with Gasteiger partial charge in [-0.05, 0) is 24.6 Å². The van der Waals surface area contributed by atoms with E-state index in [4.69, 9.17) is 9.47 Å². The van der Waals surface area contributed by atoms with Crippen molar-refractivity contribution in [3.8, 4) is 11.5 Å². The average Bonchev–Trinajstić information content (AvgIpc) is 2.50. The summed E-state index contributed by atoms with van der Waals surface area (Å²) in [7, 11) is 1.68. The van der Waals surface area contributed by atoms with Crippen LogP contribution in [0.3, 0.4) is 0 Å². The number of hydrogen-bond donors (Lipinski definition) is 1. The highest BCUT2D eigenvalue weighted by Crippen LogP contribution is 2.32. The number of hydrogen-bond acceptors (Lipinski definition) is 4. The Kier molecular flexibility index (Phi) is 10.3. The predicted molar refractivity (Wildman–Crippen MR) is 96.0 cm³/mol. The predicted octanol–water partition coefficient (Wildman–Crippen LogP) is 3.07. The van der Waals surface area contributed by atoms with Crippen molar-refractivity contribution in [2.75, 3.05) is 39.9 Å². The lowest BCUT2D eigenvalue weighted by molar-refractivity contribution is 0.203. The molecule has 1 N–H and O–H groups in total. The second-order valence-electron chi connectivity index (χ2n) is 4.81. The molecule has 22 heavy (non-hydrogen) atoms. The fraction of sp³-hybridized carbons (Fsp3) is 0.500. The molecule has 1 aromatic rings. The lowest BCUT2D eigenvalue weighted by atomic mass is 10.0. The van der Waals surface area contributed by atoms with E-state index in [0.717, 1.165) is 37.7 Å². The maximum Gasteiger partial charge on any atom is 0.161 e. The fourth-order valence-electron chi connectivity index (χ4n) is 2.60. The first kappa shape index (κ1) is 21.1. The molecule has 126 valence electrons. The number of piperazine rings is 1. The number of ether oxygens (including phenoxy) is 2. The zero-order chi connectivity index (χ0) is 14.4. The molecular formula is C16H26Cl2N2O2. The highest BCUT2D eigenvalue weighted by molar-refractivity contribution is 5.85. The zero-order valence-electron chi connectivity index (χ0n) is 13.2. The Labute approximate surface area is 145 Å². The summed E-state index contributed by atoms with van der Waals surface area (Å²) in [6.07, 6.45) is 2.00. The topological polar surface area (TPSA) is 33.7 Å². The minimum atomic E-state index is 0. The fourth-order valence-corrected chi connectivity index (χ4v) is 2.60. The van der Waals surface area contributed by atoms with Crippen molar-refractivity contribution in [2.45, 2.75) is 13.0 Å². The van der Waals surface area contributed by atoms with Crippen LogP contribution in [0.1, 0.15) is 18.5 Å². The van der Waals surface area contributed by atoms with E-state index in [2.05, 4.69) is 28.9 Å². The van der Waals surface area contributed by atoms with Gasteiger partial charge in [-0.15, -0.1) is 31.4 Å². The van der Waals surface area contributed by atoms with Crippen LogP contribution in [-0.2, 0) is 0 Å². The molecule has 1 aromatic carbocycles. The number of halogens is 2. The highest BCUT2D eigenvalue weighted by atomic mass is 35.5. The molecule has 0 aliphatic carbocycles. The van der Waals surface area contributed by atoms with Gasteiger partial charge in [0.05, 0.1) is 19.8 Å². The van der Waals surface area contributed by atoms with E-state index in [1.54, 1.807) is 7.11 Å². The van der Waals surface area contributed by atoms with Crippen molar-refractivity contribution in [2.24, 2.45) is 0 Å². The van der Waals surface area contributed by atoms with Crippen LogP contribution in [0.5, 0.6) is 11.5 Å². The first-order chi connectivity index (χ1) is 9.80. The Morgan fingerprint density at radius 2 is 1.95 bits per heavy atom. The Hall–Kier alpha value is -0.940. The third kappa shape index (κ3) is 5.06. The van der Waals surface area contributed by atoms with Gasteiger partial charge in [-0.3, -0.25) is 4.90 Å². The SMILES string of the molecule is C=C[C@H](c1ccc(OCC)c(OC)c1)N1CCNCC1.Cl.Cl. The molecule has 0 bridgehead atoms. The van der Waals surface area contributed by atoms with Crippen LogP contribution >= 0.6 is 24.8 Å². The van der Waals surface area contributed by atoms with E-state index in [1.165, 1.54) is 5.56 Å². The van der Waals surface area contributed by atoms with Crippen molar-refractivity contribution >= 4 is 24.8 Å². The van der Waals surface area contributed by atoms with Gasteiger partial charge in [0.25, 0.3) is 0 Å². The normalized spacial score (nSPS) is 15.9. The summed E-state index contributed by atoms with van der Waals surface area (Å²) in [4.78, 5) is 2.43. The second kappa shape index (κ2) is 10.7. The molecule has 4 nitrogen and oxygen atoms in total. The maximum atomic E-state index is 5.57. The summed E-state index contributed by atoms with van der Waals surface area (Å²) in [5.74, 6) is 1.58. The smallest absolute Gasteiger partial charge is 0.161 e. The molecule has 0 unspecified atom stereocenters. The summed E-state index contributed by atoms with van der Waals surface area (Å²) >= 11 is 0. The van der Waals surface area contributed by atoms with Crippen molar-refractivity contribution in [3.05, 3.63) is 36.4 Å². The Balaban J connectivity index is 0.00000220. The number of methoxy groups -OCH3 is 1. The van der Waals surface area contributed by atoms with Crippen molar-refractivity contribution in [1.82, 2.24) is 10.2 Å². The molecular weight excluding hydrogens is 323 g/mol. The molecule has 0 saturated carbocycles. The monoisotopic (exact) mass is 348 g/mol. The van der Waals surface area contributed by atoms with E-state index in [1.807, 2.05) is 19.1 Å².